The second kappa shape index (κ2) is 3.96. The number of aromatic nitrogens is 2. The van der Waals surface area contributed by atoms with Crippen molar-refractivity contribution in [2.45, 2.75) is 32.4 Å². The molecule has 0 aliphatic heterocycles. The number of hydrogen-bond donors (Lipinski definition) is 3. The van der Waals surface area contributed by atoms with Crippen molar-refractivity contribution in [1.82, 2.24) is 10.2 Å². The Hall–Kier alpha value is -1.69. The Labute approximate surface area is 98.7 Å². The molecule has 1 aromatic heterocycles. The third-order valence-corrected chi connectivity index (χ3v) is 3.48. The summed E-state index contributed by atoms with van der Waals surface area (Å²) in [6.07, 6.45) is 1.56. The fourth-order valence-electron chi connectivity index (χ4n) is 1.92. The fourth-order valence-corrected chi connectivity index (χ4v) is 1.92. The lowest BCUT2D eigenvalue weighted by Crippen LogP contribution is -2.57. The minimum Gasteiger partial charge on any atom is -0.478 e. The van der Waals surface area contributed by atoms with Crippen LogP contribution in [0.2, 0.25) is 0 Å². The van der Waals surface area contributed by atoms with Gasteiger partial charge in [-0.05, 0) is 12.5 Å². The first-order valence-corrected chi connectivity index (χ1v) is 5.42. The molecule has 0 saturated heterocycles. The minimum absolute atomic E-state index is 0.00676. The van der Waals surface area contributed by atoms with E-state index in [1.165, 1.54) is 12.3 Å². The zero-order valence-electron chi connectivity index (χ0n) is 9.71. The Kier molecular flexibility index (Phi) is 2.74. The largest absolute Gasteiger partial charge is 0.478 e. The normalized spacial score (nSPS) is 26.1. The molecule has 92 valence electrons. The maximum atomic E-state index is 11.0. The molecule has 1 aliphatic rings. The number of aromatic carboxylic acids is 1. The molecule has 0 spiro atoms. The van der Waals surface area contributed by atoms with E-state index in [1.807, 2.05) is 13.8 Å². The number of anilines is 1. The number of nitrogens with zero attached hydrogens (tertiary/aromatic N) is 2. The van der Waals surface area contributed by atoms with Crippen molar-refractivity contribution in [2.75, 3.05) is 5.32 Å². The maximum absolute atomic E-state index is 11.0. The topological polar surface area (TPSA) is 95.3 Å². The van der Waals surface area contributed by atoms with Crippen molar-refractivity contribution in [3.63, 3.8) is 0 Å². The van der Waals surface area contributed by atoms with Crippen LogP contribution in [0.5, 0.6) is 0 Å². The highest BCUT2D eigenvalue weighted by Crippen LogP contribution is 2.42. The first kappa shape index (κ1) is 11.8. The molecule has 6 nitrogen and oxygen atoms in total. The van der Waals surface area contributed by atoms with Gasteiger partial charge >= 0.3 is 5.97 Å². The van der Waals surface area contributed by atoms with E-state index >= 15 is 0 Å². The van der Waals surface area contributed by atoms with Gasteiger partial charge in [-0.15, -0.1) is 5.10 Å². The Morgan fingerprint density at radius 3 is 2.82 bits per heavy atom. The quantitative estimate of drug-likeness (QED) is 0.718. The average molecular weight is 237 g/mol. The van der Waals surface area contributed by atoms with Gasteiger partial charge in [0.15, 0.2) is 5.82 Å². The highest BCUT2D eigenvalue weighted by molar-refractivity contribution is 5.92. The van der Waals surface area contributed by atoms with Crippen LogP contribution in [0.4, 0.5) is 5.82 Å². The van der Waals surface area contributed by atoms with Crippen molar-refractivity contribution in [3.8, 4) is 0 Å². The fraction of sp³-hybridized carbons (Fsp3) is 0.545. The van der Waals surface area contributed by atoms with Gasteiger partial charge in [0.1, 0.15) is 5.56 Å². The van der Waals surface area contributed by atoms with Crippen LogP contribution in [-0.2, 0) is 0 Å². The SMILES string of the molecule is CC1(C)C(O)CC1Nc1nnccc1C(=O)O. The molecule has 1 saturated carbocycles. The minimum atomic E-state index is -1.04. The molecule has 1 fully saturated rings. The molecule has 2 atom stereocenters. The zero-order valence-corrected chi connectivity index (χ0v) is 9.71. The van der Waals surface area contributed by atoms with Gasteiger partial charge in [-0.25, -0.2) is 4.79 Å². The van der Waals surface area contributed by atoms with E-state index < -0.39 is 5.97 Å². The number of aliphatic hydroxyl groups is 1. The molecule has 1 heterocycles. The van der Waals surface area contributed by atoms with E-state index in [1.54, 1.807) is 0 Å². The number of hydrogen-bond acceptors (Lipinski definition) is 5. The molecule has 2 unspecified atom stereocenters. The summed E-state index contributed by atoms with van der Waals surface area (Å²) < 4.78 is 0. The van der Waals surface area contributed by atoms with Crippen LogP contribution in [0.1, 0.15) is 30.6 Å². The van der Waals surface area contributed by atoms with Gasteiger partial charge in [0.25, 0.3) is 0 Å². The highest BCUT2D eigenvalue weighted by Gasteiger charge is 2.47. The number of carboxylic acids is 1. The zero-order chi connectivity index (χ0) is 12.6. The van der Waals surface area contributed by atoms with Crippen molar-refractivity contribution in [2.24, 2.45) is 5.41 Å². The summed E-state index contributed by atoms with van der Waals surface area (Å²) in [7, 11) is 0. The molecule has 0 radical (unpaired) electrons. The lowest BCUT2D eigenvalue weighted by atomic mass is 9.64. The van der Waals surface area contributed by atoms with E-state index in [2.05, 4.69) is 15.5 Å². The molecule has 6 heteroatoms. The van der Waals surface area contributed by atoms with Crippen molar-refractivity contribution in [3.05, 3.63) is 17.8 Å². The second-order valence-electron chi connectivity index (χ2n) is 4.87. The summed E-state index contributed by atoms with van der Waals surface area (Å²) in [6, 6.07) is 1.41. The third-order valence-electron chi connectivity index (χ3n) is 3.48. The van der Waals surface area contributed by atoms with E-state index in [0.717, 1.165) is 0 Å². The van der Waals surface area contributed by atoms with Crippen molar-refractivity contribution in [1.29, 1.82) is 0 Å². The summed E-state index contributed by atoms with van der Waals surface area (Å²) in [5.41, 5.74) is -0.190. The summed E-state index contributed by atoms with van der Waals surface area (Å²) in [5, 5.41) is 29.1. The number of carboxylic acid groups (broad SMARTS) is 1. The molecular weight excluding hydrogens is 222 g/mol. The molecule has 1 aliphatic carbocycles. The molecule has 0 amide bonds. The molecule has 17 heavy (non-hydrogen) atoms. The summed E-state index contributed by atoms with van der Waals surface area (Å²) >= 11 is 0. The van der Waals surface area contributed by atoms with Gasteiger partial charge < -0.3 is 15.5 Å². The van der Waals surface area contributed by atoms with Gasteiger partial charge in [-0.2, -0.15) is 5.10 Å². The van der Waals surface area contributed by atoms with E-state index in [9.17, 15) is 9.90 Å². The number of carbonyl (C=O) groups is 1. The molecule has 1 aromatic rings. The molecule has 0 aromatic carbocycles. The second-order valence-corrected chi connectivity index (χ2v) is 4.87. The van der Waals surface area contributed by atoms with Gasteiger partial charge in [0.2, 0.25) is 0 Å². The first-order chi connectivity index (χ1) is 7.93. The summed E-state index contributed by atoms with van der Waals surface area (Å²) in [4.78, 5) is 11.0. The first-order valence-electron chi connectivity index (χ1n) is 5.42. The molecule has 0 bridgehead atoms. The standard InChI is InChI=1S/C11H15N3O3/c1-11(2)7(5-8(11)15)13-9-6(10(16)17)3-4-12-14-9/h3-4,7-8,15H,5H2,1-2H3,(H,13,14)(H,16,17). The van der Waals surface area contributed by atoms with Gasteiger partial charge in [0, 0.05) is 11.5 Å². The molecule has 2 rings (SSSR count). The Morgan fingerprint density at radius 2 is 2.29 bits per heavy atom. The van der Waals surface area contributed by atoms with Gasteiger partial charge in [0.05, 0.1) is 12.3 Å². The number of nitrogens with one attached hydrogen (secondary N) is 1. The third kappa shape index (κ3) is 1.95. The summed E-state index contributed by atoms with van der Waals surface area (Å²) in [6.45, 7) is 3.85. The van der Waals surface area contributed by atoms with E-state index in [-0.39, 0.29) is 28.9 Å². The van der Waals surface area contributed by atoms with Crippen LogP contribution in [-0.4, -0.2) is 38.5 Å². The van der Waals surface area contributed by atoms with Gasteiger partial charge in [-0.1, -0.05) is 13.8 Å². The van der Waals surface area contributed by atoms with Crippen LogP contribution in [0.3, 0.4) is 0 Å². The average Bonchev–Trinajstić information content (AvgIpc) is 2.29. The van der Waals surface area contributed by atoms with Crippen molar-refractivity contribution < 1.29 is 15.0 Å². The van der Waals surface area contributed by atoms with Crippen LogP contribution >= 0.6 is 0 Å². The number of rotatable bonds is 3. The van der Waals surface area contributed by atoms with E-state index in [4.69, 9.17) is 5.11 Å². The predicted octanol–water partition coefficient (Wildman–Crippen LogP) is 0.746. The lowest BCUT2D eigenvalue weighted by Gasteiger charge is -2.49. The van der Waals surface area contributed by atoms with Crippen LogP contribution < -0.4 is 5.32 Å². The number of aliphatic hydroxyl groups excluding tert-OH is 1. The Morgan fingerprint density at radius 1 is 1.59 bits per heavy atom. The maximum Gasteiger partial charge on any atom is 0.339 e. The monoisotopic (exact) mass is 237 g/mol. The van der Waals surface area contributed by atoms with Crippen LogP contribution in [0.15, 0.2) is 12.3 Å². The molecule has 3 N–H and O–H groups in total. The Balaban J connectivity index is 2.18. The summed E-state index contributed by atoms with van der Waals surface area (Å²) in [5.74, 6) is -0.787. The lowest BCUT2D eigenvalue weighted by molar-refractivity contribution is -0.0512. The predicted molar refractivity (Wildman–Crippen MR) is 60.8 cm³/mol. The Bertz CT molecular complexity index is 447. The van der Waals surface area contributed by atoms with Gasteiger partial charge in [-0.3, -0.25) is 0 Å². The highest BCUT2D eigenvalue weighted by atomic mass is 16.4. The van der Waals surface area contributed by atoms with Crippen molar-refractivity contribution >= 4 is 11.8 Å². The van der Waals surface area contributed by atoms with Crippen LogP contribution in [0, 0.1) is 5.41 Å². The van der Waals surface area contributed by atoms with Crippen LogP contribution in [0.25, 0.3) is 0 Å². The smallest absolute Gasteiger partial charge is 0.339 e. The molecular formula is C11H15N3O3. The van der Waals surface area contributed by atoms with E-state index in [0.29, 0.717) is 6.42 Å².